The zero-order valence-corrected chi connectivity index (χ0v) is 11.5. The number of hydrogen-bond acceptors (Lipinski definition) is 7. The van der Waals surface area contributed by atoms with Crippen LogP contribution in [0.5, 0.6) is 0 Å². The Morgan fingerprint density at radius 2 is 2.14 bits per heavy atom. The van der Waals surface area contributed by atoms with Gasteiger partial charge >= 0.3 is 5.69 Å². The molecule has 0 saturated carbocycles. The summed E-state index contributed by atoms with van der Waals surface area (Å²) in [6, 6.07) is 3.86. The molecule has 0 amide bonds. The predicted molar refractivity (Wildman–Crippen MR) is 75.9 cm³/mol. The number of hydrogen-bond donors (Lipinski definition) is 3. The van der Waals surface area contributed by atoms with E-state index < -0.39 is 10.7 Å². The summed E-state index contributed by atoms with van der Waals surface area (Å²) in [6.07, 6.45) is 0. The Morgan fingerprint density at radius 1 is 1.43 bits per heavy atom. The van der Waals surface area contributed by atoms with E-state index in [1.54, 1.807) is 0 Å². The molecule has 0 aliphatic heterocycles. The SMILES string of the molecule is Cc1nc(NN)nc(Nc2ccc(Cl)cc2F)c1[N+](=O)[O-]. The molecule has 8 nitrogen and oxygen atoms in total. The number of nitro groups is 1. The van der Waals surface area contributed by atoms with Crippen molar-refractivity contribution in [2.24, 2.45) is 5.84 Å². The van der Waals surface area contributed by atoms with Crippen molar-refractivity contribution in [3.05, 3.63) is 44.8 Å². The molecule has 0 bridgehead atoms. The highest BCUT2D eigenvalue weighted by molar-refractivity contribution is 6.30. The largest absolute Gasteiger partial charge is 0.332 e. The van der Waals surface area contributed by atoms with Crippen LogP contribution in [0.3, 0.4) is 0 Å². The summed E-state index contributed by atoms with van der Waals surface area (Å²) in [7, 11) is 0. The van der Waals surface area contributed by atoms with Crippen LogP contribution >= 0.6 is 11.6 Å². The number of hydrazine groups is 1. The molecule has 21 heavy (non-hydrogen) atoms. The quantitative estimate of drug-likeness (QED) is 0.451. The van der Waals surface area contributed by atoms with Crippen LogP contribution in [-0.2, 0) is 0 Å². The average molecular weight is 313 g/mol. The molecule has 4 N–H and O–H groups in total. The van der Waals surface area contributed by atoms with E-state index in [0.29, 0.717) is 0 Å². The van der Waals surface area contributed by atoms with Gasteiger partial charge in [0.25, 0.3) is 0 Å². The number of halogens is 2. The number of nitrogens with zero attached hydrogens (tertiary/aromatic N) is 3. The molecule has 0 aliphatic rings. The van der Waals surface area contributed by atoms with E-state index in [9.17, 15) is 14.5 Å². The van der Waals surface area contributed by atoms with Gasteiger partial charge in [0.1, 0.15) is 11.5 Å². The molecule has 110 valence electrons. The number of aryl methyl sites for hydroxylation is 1. The molecule has 0 aliphatic carbocycles. The Labute approximate surface area is 123 Å². The summed E-state index contributed by atoms with van der Waals surface area (Å²) in [4.78, 5) is 18.1. The molecule has 0 atom stereocenters. The van der Waals surface area contributed by atoms with Crippen LogP contribution in [0.15, 0.2) is 18.2 Å². The normalized spacial score (nSPS) is 10.3. The van der Waals surface area contributed by atoms with Gasteiger partial charge in [-0.15, -0.1) is 0 Å². The minimum absolute atomic E-state index is 0.0106. The van der Waals surface area contributed by atoms with Crippen LogP contribution < -0.4 is 16.6 Å². The van der Waals surface area contributed by atoms with Gasteiger partial charge in [-0.2, -0.15) is 4.98 Å². The second-order valence-corrected chi connectivity index (χ2v) is 4.42. The maximum Gasteiger partial charge on any atom is 0.332 e. The van der Waals surface area contributed by atoms with Gasteiger partial charge in [-0.05, 0) is 25.1 Å². The minimum Gasteiger partial charge on any atom is -0.332 e. The summed E-state index contributed by atoms with van der Waals surface area (Å²) in [5.74, 6) is 4.31. The Hall–Kier alpha value is -2.52. The lowest BCUT2D eigenvalue weighted by Gasteiger charge is -2.10. The Kier molecular flexibility index (Phi) is 4.15. The molecule has 0 saturated heterocycles. The van der Waals surface area contributed by atoms with Gasteiger partial charge in [0.2, 0.25) is 11.8 Å². The predicted octanol–water partition coefficient (Wildman–Crippen LogP) is 2.51. The lowest BCUT2D eigenvalue weighted by atomic mass is 10.3. The Balaban J connectivity index is 2.51. The fourth-order valence-electron chi connectivity index (χ4n) is 1.66. The molecule has 1 aromatic heterocycles. The van der Waals surface area contributed by atoms with Crippen molar-refractivity contribution in [3.8, 4) is 0 Å². The summed E-state index contributed by atoms with van der Waals surface area (Å²) in [6.45, 7) is 1.42. The maximum atomic E-state index is 13.8. The fourth-order valence-corrected chi connectivity index (χ4v) is 1.81. The highest BCUT2D eigenvalue weighted by Crippen LogP contribution is 2.30. The summed E-state index contributed by atoms with van der Waals surface area (Å²) in [5.41, 5.74) is 1.88. The van der Waals surface area contributed by atoms with Gasteiger partial charge in [-0.1, -0.05) is 11.6 Å². The van der Waals surface area contributed by atoms with E-state index in [0.717, 1.165) is 6.07 Å². The lowest BCUT2D eigenvalue weighted by Crippen LogP contribution is -2.13. The monoisotopic (exact) mass is 312 g/mol. The van der Waals surface area contributed by atoms with E-state index in [2.05, 4.69) is 20.7 Å². The van der Waals surface area contributed by atoms with Crippen molar-refractivity contribution < 1.29 is 9.31 Å². The van der Waals surface area contributed by atoms with Crippen molar-refractivity contribution in [2.75, 3.05) is 10.7 Å². The number of nitrogens with two attached hydrogens (primary N) is 1. The van der Waals surface area contributed by atoms with Crippen LogP contribution in [0.25, 0.3) is 0 Å². The van der Waals surface area contributed by atoms with E-state index >= 15 is 0 Å². The molecule has 0 spiro atoms. The minimum atomic E-state index is -0.671. The Morgan fingerprint density at radius 3 is 2.71 bits per heavy atom. The highest BCUT2D eigenvalue weighted by atomic mass is 35.5. The molecular formula is C11H10ClFN6O2. The van der Waals surface area contributed by atoms with Gasteiger partial charge in [-0.25, -0.2) is 15.2 Å². The smallest absolute Gasteiger partial charge is 0.332 e. The molecular weight excluding hydrogens is 303 g/mol. The Bertz CT molecular complexity index is 711. The lowest BCUT2D eigenvalue weighted by molar-refractivity contribution is -0.385. The highest BCUT2D eigenvalue weighted by Gasteiger charge is 2.22. The molecule has 1 aromatic carbocycles. The van der Waals surface area contributed by atoms with E-state index in [1.165, 1.54) is 19.1 Å². The van der Waals surface area contributed by atoms with Crippen molar-refractivity contribution in [3.63, 3.8) is 0 Å². The number of benzene rings is 1. The third-order valence-corrected chi connectivity index (χ3v) is 2.79. The molecule has 2 rings (SSSR count). The first-order chi connectivity index (χ1) is 9.92. The number of anilines is 3. The summed E-state index contributed by atoms with van der Waals surface area (Å²) >= 11 is 5.65. The maximum absolute atomic E-state index is 13.8. The van der Waals surface area contributed by atoms with Crippen molar-refractivity contribution >= 4 is 34.7 Å². The van der Waals surface area contributed by atoms with Crippen molar-refractivity contribution in [1.29, 1.82) is 0 Å². The van der Waals surface area contributed by atoms with Crippen LogP contribution in [0, 0.1) is 22.9 Å². The first kappa shape index (κ1) is 14.9. The molecule has 10 heteroatoms. The van der Waals surface area contributed by atoms with Gasteiger partial charge < -0.3 is 5.32 Å². The number of aromatic nitrogens is 2. The van der Waals surface area contributed by atoms with Gasteiger partial charge in [0.05, 0.1) is 10.6 Å². The van der Waals surface area contributed by atoms with Gasteiger partial charge in [-0.3, -0.25) is 15.5 Å². The topological polar surface area (TPSA) is 119 Å². The first-order valence-electron chi connectivity index (χ1n) is 5.64. The molecule has 0 radical (unpaired) electrons. The number of nitrogen functional groups attached to an aromatic ring is 1. The standard InChI is InChI=1S/C11H10ClFN6O2/c1-5-9(19(20)21)10(17-11(15-5)18-14)16-8-3-2-6(12)4-7(8)13/h2-4H,14H2,1H3,(H2,15,16,17,18). The van der Waals surface area contributed by atoms with E-state index in [1.807, 2.05) is 0 Å². The van der Waals surface area contributed by atoms with Gasteiger partial charge in [0, 0.05) is 5.02 Å². The zero-order chi connectivity index (χ0) is 15.6. The van der Waals surface area contributed by atoms with Gasteiger partial charge in [0.15, 0.2) is 0 Å². The number of nitrogens with one attached hydrogen (secondary N) is 2. The van der Waals surface area contributed by atoms with Crippen molar-refractivity contribution in [2.45, 2.75) is 6.92 Å². The molecule has 1 heterocycles. The second kappa shape index (κ2) is 5.85. The molecule has 0 fully saturated rings. The number of rotatable bonds is 4. The second-order valence-electron chi connectivity index (χ2n) is 3.98. The molecule has 2 aromatic rings. The summed E-state index contributed by atoms with van der Waals surface area (Å²) in [5, 5.41) is 13.8. The van der Waals surface area contributed by atoms with E-state index in [-0.39, 0.29) is 33.9 Å². The first-order valence-corrected chi connectivity index (χ1v) is 6.02. The third kappa shape index (κ3) is 3.15. The van der Waals surface area contributed by atoms with Crippen LogP contribution in [-0.4, -0.2) is 14.9 Å². The van der Waals surface area contributed by atoms with Crippen LogP contribution in [0.1, 0.15) is 5.69 Å². The average Bonchev–Trinajstić information content (AvgIpc) is 2.40. The fraction of sp³-hybridized carbons (Fsp3) is 0.0909. The van der Waals surface area contributed by atoms with Crippen molar-refractivity contribution in [1.82, 2.24) is 9.97 Å². The third-order valence-electron chi connectivity index (χ3n) is 2.55. The molecule has 0 unspecified atom stereocenters. The van der Waals surface area contributed by atoms with Crippen LogP contribution in [0.2, 0.25) is 5.02 Å². The van der Waals surface area contributed by atoms with Crippen LogP contribution in [0.4, 0.5) is 27.5 Å². The summed E-state index contributed by atoms with van der Waals surface area (Å²) < 4.78 is 13.8. The zero-order valence-electron chi connectivity index (χ0n) is 10.7. The van der Waals surface area contributed by atoms with E-state index in [4.69, 9.17) is 17.4 Å².